The molecule has 0 bridgehead atoms. The SMILES string of the molecule is CC(C)(C)CN=C1c2cc(N[C@H](c3cn(C4CC4)nn3)c3cccc4c3CN(C3COC3)C4)cc(Cl)c2NCN1C#N. The van der Waals surface area contributed by atoms with Crippen LogP contribution in [0, 0.1) is 16.9 Å². The third kappa shape index (κ3) is 5.21. The number of fused-ring (bicyclic) bond motifs is 2. The van der Waals surface area contributed by atoms with E-state index in [1.807, 2.05) is 16.8 Å². The molecule has 4 aliphatic rings. The van der Waals surface area contributed by atoms with Crippen molar-refractivity contribution in [3.8, 4) is 6.19 Å². The van der Waals surface area contributed by atoms with Crippen LogP contribution in [-0.4, -0.2) is 63.1 Å². The van der Waals surface area contributed by atoms with Crippen LogP contribution in [0.3, 0.4) is 0 Å². The monoisotopic (exact) mass is 585 g/mol. The lowest BCUT2D eigenvalue weighted by molar-refractivity contribution is -0.0670. The molecule has 42 heavy (non-hydrogen) atoms. The van der Waals surface area contributed by atoms with Crippen LogP contribution in [0.4, 0.5) is 11.4 Å². The molecule has 2 fully saturated rings. The molecule has 4 heterocycles. The van der Waals surface area contributed by atoms with Crippen LogP contribution in [0.1, 0.15) is 73.6 Å². The fraction of sp³-hybridized carbons (Fsp3) is 0.484. The number of benzene rings is 2. The van der Waals surface area contributed by atoms with Gasteiger partial charge in [-0.3, -0.25) is 9.89 Å². The molecule has 2 N–H and O–H groups in total. The van der Waals surface area contributed by atoms with Gasteiger partial charge in [0.25, 0.3) is 0 Å². The third-order valence-electron chi connectivity index (χ3n) is 8.37. The average Bonchev–Trinajstić information content (AvgIpc) is 3.50. The van der Waals surface area contributed by atoms with Crippen LogP contribution in [0.2, 0.25) is 5.02 Å². The lowest BCUT2D eigenvalue weighted by Gasteiger charge is -2.34. The fourth-order valence-electron chi connectivity index (χ4n) is 5.84. The predicted octanol–water partition coefficient (Wildman–Crippen LogP) is 5.14. The summed E-state index contributed by atoms with van der Waals surface area (Å²) in [4.78, 5) is 8.98. The molecule has 1 atom stereocenters. The van der Waals surface area contributed by atoms with E-state index in [1.165, 1.54) is 16.7 Å². The van der Waals surface area contributed by atoms with Crippen LogP contribution in [0.25, 0.3) is 0 Å². The summed E-state index contributed by atoms with van der Waals surface area (Å²) in [7, 11) is 0. The van der Waals surface area contributed by atoms with E-state index in [1.54, 1.807) is 4.90 Å². The summed E-state index contributed by atoms with van der Waals surface area (Å²) in [6.45, 7) is 10.7. The van der Waals surface area contributed by atoms with Crippen LogP contribution < -0.4 is 10.6 Å². The van der Waals surface area contributed by atoms with Crippen LogP contribution in [-0.2, 0) is 17.8 Å². The normalized spacial score (nSPS) is 20.5. The highest BCUT2D eigenvalue weighted by molar-refractivity contribution is 6.34. The molecule has 1 aliphatic carbocycles. The number of halogens is 1. The van der Waals surface area contributed by atoms with Gasteiger partial charge in [0.2, 0.25) is 0 Å². The van der Waals surface area contributed by atoms with Gasteiger partial charge in [0, 0.05) is 30.9 Å². The van der Waals surface area contributed by atoms with Crippen molar-refractivity contribution in [2.45, 2.75) is 64.8 Å². The molecule has 1 saturated heterocycles. The Morgan fingerprint density at radius 2 is 2.05 bits per heavy atom. The Balaban J connectivity index is 1.28. The fourth-order valence-corrected chi connectivity index (χ4v) is 6.13. The molecule has 0 amide bonds. The van der Waals surface area contributed by atoms with Crippen LogP contribution >= 0.6 is 11.6 Å². The minimum absolute atomic E-state index is 0.0233. The molecule has 1 saturated carbocycles. The Labute approximate surface area is 251 Å². The first-order chi connectivity index (χ1) is 20.3. The van der Waals surface area contributed by atoms with Crippen molar-refractivity contribution in [2.75, 3.05) is 37.1 Å². The molecule has 0 spiro atoms. The number of aliphatic imine (C=N–C) groups is 1. The smallest absolute Gasteiger partial charge is 0.187 e. The molecule has 3 aromatic rings. The minimum Gasteiger partial charge on any atom is -0.378 e. The summed E-state index contributed by atoms with van der Waals surface area (Å²) in [6, 6.07) is 11.2. The maximum absolute atomic E-state index is 9.90. The Hall–Kier alpha value is -3.65. The maximum Gasteiger partial charge on any atom is 0.187 e. The van der Waals surface area contributed by atoms with Gasteiger partial charge in [-0.05, 0) is 47.1 Å². The topological polar surface area (TPSA) is 107 Å². The van der Waals surface area contributed by atoms with E-state index in [-0.39, 0.29) is 11.5 Å². The zero-order valence-corrected chi connectivity index (χ0v) is 25.0. The Bertz CT molecular complexity index is 1580. The van der Waals surface area contributed by atoms with Crippen molar-refractivity contribution < 1.29 is 4.74 Å². The van der Waals surface area contributed by atoms with Crippen molar-refractivity contribution in [2.24, 2.45) is 10.4 Å². The third-order valence-corrected chi connectivity index (χ3v) is 8.67. The zero-order valence-electron chi connectivity index (χ0n) is 24.3. The summed E-state index contributed by atoms with van der Waals surface area (Å²) >= 11 is 6.88. The largest absolute Gasteiger partial charge is 0.378 e. The van der Waals surface area contributed by atoms with Crippen molar-refractivity contribution in [1.82, 2.24) is 24.8 Å². The first kappa shape index (κ1) is 27.2. The van der Waals surface area contributed by atoms with E-state index in [9.17, 15) is 5.26 Å². The number of amidine groups is 1. The Kier molecular flexibility index (Phi) is 6.84. The van der Waals surface area contributed by atoms with Gasteiger partial charge in [-0.2, -0.15) is 5.26 Å². The van der Waals surface area contributed by atoms with E-state index in [0.717, 1.165) is 61.8 Å². The molecule has 218 valence electrons. The van der Waals surface area contributed by atoms with E-state index < -0.39 is 0 Å². The van der Waals surface area contributed by atoms with E-state index in [4.69, 9.17) is 21.3 Å². The number of aromatic nitrogens is 3. The number of nitriles is 1. The van der Waals surface area contributed by atoms with Gasteiger partial charge in [0.05, 0.1) is 48.2 Å². The summed E-state index contributed by atoms with van der Waals surface area (Å²) in [6.07, 6.45) is 6.63. The minimum atomic E-state index is -0.238. The van der Waals surface area contributed by atoms with Crippen LogP contribution in [0.15, 0.2) is 41.5 Å². The number of hydrogen-bond donors (Lipinski definition) is 2. The molecule has 0 unspecified atom stereocenters. The number of anilines is 2. The number of nitrogens with zero attached hydrogens (tertiary/aromatic N) is 7. The molecular formula is C31H36ClN9O. The maximum atomic E-state index is 9.90. The molecular weight excluding hydrogens is 550 g/mol. The summed E-state index contributed by atoms with van der Waals surface area (Å²) in [5, 5.41) is 26.7. The highest BCUT2D eigenvalue weighted by atomic mass is 35.5. The Morgan fingerprint density at radius 1 is 1.21 bits per heavy atom. The molecule has 2 aromatic carbocycles. The predicted molar refractivity (Wildman–Crippen MR) is 162 cm³/mol. The first-order valence-electron chi connectivity index (χ1n) is 14.7. The average molecular weight is 586 g/mol. The summed E-state index contributed by atoms with van der Waals surface area (Å²) < 4.78 is 7.49. The van der Waals surface area contributed by atoms with Gasteiger partial charge >= 0.3 is 0 Å². The number of hydrogen-bond acceptors (Lipinski definition) is 8. The molecule has 0 radical (unpaired) electrons. The van der Waals surface area contributed by atoms with E-state index >= 15 is 0 Å². The van der Waals surface area contributed by atoms with Gasteiger partial charge in [-0.25, -0.2) is 9.58 Å². The zero-order chi connectivity index (χ0) is 29.0. The van der Waals surface area contributed by atoms with Crippen molar-refractivity contribution in [3.05, 3.63) is 69.5 Å². The molecule has 7 rings (SSSR count). The number of rotatable bonds is 7. The van der Waals surface area contributed by atoms with Gasteiger partial charge in [-0.1, -0.05) is 55.8 Å². The van der Waals surface area contributed by atoms with Gasteiger partial charge < -0.3 is 15.4 Å². The second-order valence-corrected chi connectivity index (χ2v) is 13.4. The summed E-state index contributed by atoms with van der Waals surface area (Å²) in [5.41, 5.74) is 7.12. The lowest BCUT2D eigenvalue weighted by atomic mass is 9.95. The second-order valence-electron chi connectivity index (χ2n) is 13.0. The number of nitrogens with one attached hydrogen (secondary N) is 2. The van der Waals surface area contributed by atoms with E-state index in [2.05, 4.69) is 77.2 Å². The van der Waals surface area contributed by atoms with Gasteiger partial charge in [0.15, 0.2) is 6.19 Å². The van der Waals surface area contributed by atoms with Crippen LogP contribution in [0.5, 0.6) is 0 Å². The van der Waals surface area contributed by atoms with Gasteiger partial charge in [0.1, 0.15) is 18.2 Å². The molecule has 1 aromatic heterocycles. The van der Waals surface area contributed by atoms with Crippen molar-refractivity contribution in [1.29, 1.82) is 5.26 Å². The standard InChI is InChI=1S/C31H36ClN9O/c1-31(2,3)16-34-30-24-9-20(10-26(32)28(24)35-18-40(30)17-33)36-29(27-13-41(38-37-27)21-7-8-21)23-6-4-5-19-11-39(12-25(19)23)22-14-42-15-22/h4-6,9-10,13,21-22,29,35-36H,7-8,11-12,14-16,18H2,1-3H3/t29-/m0/s1. The summed E-state index contributed by atoms with van der Waals surface area (Å²) in [5.74, 6) is 0.627. The van der Waals surface area contributed by atoms with Crippen molar-refractivity contribution in [3.63, 3.8) is 0 Å². The first-order valence-corrected chi connectivity index (χ1v) is 15.1. The number of ether oxygens (including phenoxy) is 1. The Morgan fingerprint density at radius 3 is 2.76 bits per heavy atom. The van der Waals surface area contributed by atoms with Gasteiger partial charge in [-0.15, -0.1) is 5.10 Å². The van der Waals surface area contributed by atoms with E-state index in [0.29, 0.717) is 36.2 Å². The quantitative estimate of drug-likeness (QED) is 0.367. The lowest BCUT2D eigenvalue weighted by Crippen LogP contribution is -2.46. The van der Waals surface area contributed by atoms with Crippen molar-refractivity contribution >= 4 is 28.8 Å². The highest BCUT2D eigenvalue weighted by Crippen LogP contribution is 2.40. The molecule has 11 heteroatoms. The second kappa shape index (κ2) is 10.6. The molecule has 3 aliphatic heterocycles. The highest BCUT2D eigenvalue weighted by Gasteiger charge is 2.35. The molecule has 10 nitrogen and oxygen atoms in total.